The lowest BCUT2D eigenvalue weighted by Crippen LogP contribution is -2.11. The van der Waals surface area contributed by atoms with E-state index < -0.39 is 0 Å². The predicted octanol–water partition coefficient (Wildman–Crippen LogP) is 3.08. The average Bonchev–Trinajstić information content (AvgIpc) is 3.04. The summed E-state index contributed by atoms with van der Waals surface area (Å²) >= 11 is 1.56. The van der Waals surface area contributed by atoms with Crippen molar-refractivity contribution in [3.05, 3.63) is 47.6 Å². The summed E-state index contributed by atoms with van der Waals surface area (Å²) in [6.07, 6.45) is 2.98. The number of hydroxylamine groups is 1. The zero-order chi connectivity index (χ0) is 15.2. The molecule has 0 saturated carbocycles. The van der Waals surface area contributed by atoms with Crippen molar-refractivity contribution >= 4 is 33.7 Å². The van der Waals surface area contributed by atoms with Crippen LogP contribution >= 0.6 is 11.3 Å². The number of nitrogens with one attached hydrogen (secondary N) is 1. The molecule has 0 aliphatic heterocycles. The maximum Gasteiger partial charge on any atom is 0.165 e. The second kappa shape index (κ2) is 6.97. The van der Waals surface area contributed by atoms with Gasteiger partial charge >= 0.3 is 0 Å². The van der Waals surface area contributed by atoms with Crippen molar-refractivity contribution < 1.29 is 9.57 Å². The first-order chi connectivity index (χ1) is 10.9. The third-order valence-corrected chi connectivity index (χ3v) is 3.78. The van der Waals surface area contributed by atoms with E-state index >= 15 is 0 Å². The molecule has 0 aliphatic rings. The van der Waals surface area contributed by atoms with Gasteiger partial charge in [0.25, 0.3) is 0 Å². The molecule has 0 atom stereocenters. The summed E-state index contributed by atoms with van der Waals surface area (Å²) in [5, 5.41) is 2.90. The SMILES string of the molecule is COc1ccc(CONC=Nc2ncnc3sccc23)cc1. The van der Waals surface area contributed by atoms with Crippen molar-refractivity contribution in [3.8, 4) is 5.75 Å². The van der Waals surface area contributed by atoms with E-state index in [0.717, 1.165) is 21.5 Å². The van der Waals surface area contributed by atoms with Gasteiger partial charge in [0.05, 0.1) is 19.1 Å². The molecule has 0 saturated heterocycles. The molecular weight excluding hydrogens is 300 g/mol. The van der Waals surface area contributed by atoms with Crippen LogP contribution in [0.15, 0.2) is 47.0 Å². The number of methoxy groups -OCH3 is 1. The molecule has 2 aromatic heterocycles. The highest BCUT2D eigenvalue weighted by Crippen LogP contribution is 2.25. The Labute approximate surface area is 131 Å². The van der Waals surface area contributed by atoms with E-state index in [1.54, 1.807) is 18.4 Å². The van der Waals surface area contributed by atoms with Crippen LogP contribution in [0.3, 0.4) is 0 Å². The zero-order valence-electron chi connectivity index (χ0n) is 11.9. The van der Waals surface area contributed by atoms with Crippen LogP contribution in [0.4, 0.5) is 5.82 Å². The predicted molar refractivity (Wildman–Crippen MR) is 86.5 cm³/mol. The van der Waals surface area contributed by atoms with Crippen molar-refractivity contribution in [1.29, 1.82) is 0 Å². The topological polar surface area (TPSA) is 68.6 Å². The highest BCUT2D eigenvalue weighted by molar-refractivity contribution is 7.16. The highest BCUT2D eigenvalue weighted by Gasteiger charge is 2.01. The van der Waals surface area contributed by atoms with Crippen molar-refractivity contribution in [3.63, 3.8) is 0 Å². The molecule has 7 heteroatoms. The van der Waals surface area contributed by atoms with Gasteiger partial charge in [0.2, 0.25) is 0 Å². The summed E-state index contributed by atoms with van der Waals surface area (Å²) < 4.78 is 5.10. The van der Waals surface area contributed by atoms with Crippen LogP contribution in [0.1, 0.15) is 5.56 Å². The molecule has 0 aliphatic carbocycles. The van der Waals surface area contributed by atoms with Gasteiger partial charge in [-0.1, -0.05) is 12.1 Å². The Kier molecular flexibility index (Phi) is 4.57. The highest BCUT2D eigenvalue weighted by atomic mass is 32.1. The minimum Gasteiger partial charge on any atom is -0.497 e. The second-order valence-electron chi connectivity index (χ2n) is 4.35. The summed E-state index contributed by atoms with van der Waals surface area (Å²) in [4.78, 5) is 18.8. The first kappa shape index (κ1) is 14.4. The van der Waals surface area contributed by atoms with E-state index in [9.17, 15) is 0 Å². The molecule has 3 rings (SSSR count). The van der Waals surface area contributed by atoms with Crippen LogP contribution in [0.2, 0.25) is 0 Å². The minimum absolute atomic E-state index is 0.424. The molecule has 0 radical (unpaired) electrons. The Bertz CT molecular complexity index is 771. The summed E-state index contributed by atoms with van der Waals surface area (Å²) in [6.45, 7) is 0.424. The number of hydrogen-bond acceptors (Lipinski definition) is 6. The number of thiophene rings is 1. The minimum atomic E-state index is 0.424. The molecule has 0 unspecified atom stereocenters. The lowest BCUT2D eigenvalue weighted by atomic mass is 10.2. The lowest BCUT2D eigenvalue weighted by molar-refractivity contribution is 0.0745. The molecule has 22 heavy (non-hydrogen) atoms. The van der Waals surface area contributed by atoms with Crippen LogP contribution in [0.25, 0.3) is 10.2 Å². The van der Waals surface area contributed by atoms with Gasteiger partial charge in [-0.2, -0.15) is 0 Å². The summed E-state index contributed by atoms with van der Waals surface area (Å²) in [5.41, 5.74) is 3.72. The van der Waals surface area contributed by atoms with Crippen LogP contribution in [-0.4, -0.2) is 23.4 Å². The number of aliphatic imine (C=N–C) groups is 1. The fourth-order valence-corrected chi connectivity index (χ4v) is 2.58. The van der Waals surface area contributed by atoms with E-state index in [2.05, 4.69) is 20.4 Å². The maximum absolute atomic E-state index is 5.33. The number of aromatic nitrogens is 2. The molecule has 6 nitrogen and oxygen atoms in total. The van der Waals surface area contributed by atoms with E-state index in [-0.39, 0.29) is 0 Å². The fourth-order valence-electron chi connectivity index (χ4n) is 1.85. The number of fused-ring (bicyclic) bond motifs is 1. The Morgan fingerprint density at radius 3 is 2.91 bits per heavy atom. The number of nitrogens with zero attached hydrogens (tertiary/aromatic N) is 3. The zero-order valence-corrected chi connectivity index (χ0v) is 12.7. The van der Waals surface area contributed by atoms with Gasteiger partial charge in [0.15, 0.2) is 5.82 Å². The molecule has 0 amide bonds. The number of ether oxygens (including phenoxy) is 1. The molecule has 0 bridgehead atoms. The van der Waals surface area contributed by atoms with Crippen LogP contribution in [0, 0.1) is 0 Å². The van der Waals surface area contributed by atoms with E-state index in [1.807, 2.05) is 35.7 Å². The number of benzene rings is 1. The van der Waals surface area contributed by atoms with E-state index in [1.165, 1.54) is 12.7 Å². The van der Waals surface area contributed by atoms with E-state index in [0.29, 0.717) is 12.4 Å². The lowest BCUT2D eigenvalue weighted by Gasteiger charge is -2.04. The van der Waals surface area contributed by atoms with Gasteiger partial charge in [-0.25, -0.2) is 15.0 Å². The number of hydrogen-bond donors (Lipinski definition) is 1. The Hall–Kier alpha value is -2.51. The first-order valence-electron chi connectivity index (χ1n) is 6.58. The molecule has 0 spiro atoms. The second-order valence-corrected chi connectivity index (χ2v) is 5.24. The fraction of sp³-hybridized carbons (Fsp3) is 0.133. The monoisotopic (exact) mass is 314 g/mol. The first-order valence-corrected chi connectivity index (χ1v) is 7.46. The quantitative estimate of drug-likeness (QED) is 0.328. The van der Waals surface area contributed by atoms with Crippen LogP contribution < -0.4 is 10.2 Å². The van der Waals surface area contributed by atoms with Crippen molar-refractivity contribution in [1.82, 2.24) is 15.4 Å². The van der Waals surface area contributed by atoms with Crippen molar-refractivity contribution in [2.75, 3.05) is 7.11 Å². The Morgan fingerprint density at radius 2 is 2.09 bits per heavy atom. The van der Waals surface area contributed by atoms with Gasteiger partial charge in [-0.15, -0.1) is 11.3 Å². The molecule has 2 heterocycles. The van der Waals surface area contributed by atoms with Crippen molar-refractivity contribution in [2.45, 2.75) is 6.61 Å². The average molecular weight is 314 g/mol. The molecule has 112 valence electrons. The number of rotatable bonds is 6. The Balaban J connectivity index is 1.53. The van der Waals surface area contributed by atoms with Gasteiger partial charge in [0.1, 0.15) is 23.2 Å². The normalized spacial score (nSPS) is 11.1. The summed E-state index contributed by atoms with van der Waals surface area (Å²) in [7, 11) is 1.64. The molecular formula is C15H14N4O2S. The largest absolute Gasteiger partial charge is 0.497 e. The Morgan fingerprint density at radius 1 is 1.23 bits per heavy atom. The van der Waals surface area contributed by atoms with Crippen LogP contribution in [-0.2, 0) is 11.4 Å². The standard InChI is InChI=1S/C15H14N4O2S/c1-20-12-4-2-11(3-5-12)8-21-19-10-17-14-13-6-7-22-15(13)18-9-16-14/h2-7,9-10H,8H2,1H3,(H,16,17,18,19). The maximum atomic E-state index is 5.33. The molecule has 1 N–H and O–H groups in total. The third kappa shape index (κ3) is 3.38. The van der Waals surface area contributed by atoms with Gasteiger partial charge < -0.3 is 4.74 Å². The van der Waals surface area contributed by atoms with E-state index in [4.69, 9.17) is 9.57 Å². The summed E-state index contributed by atoms with van der Waals surface area (Å²) in [6, 6.07) is 9.61. The molecule has 3 aromatic rings. The molecule has 1 aromatic carbocycles. The van der Waals surface area contributed by atoms with Crippen molar-refractivity contribution in [2.24, 2.45) is 4.99 Å². The van der Waals surface area contributed by atoms with Gasteiger partial charge in [0, 0.05) is 0 Å². The third-order valence-electron chi connectivity index (χ3n) is 2.96. The van der Waals surface area contributed by atoms with Gasteiger partial charge in [-0.05, 0) is 29.1 Å². The van der Waals surface area contributed by atoms with Gasteiger partial charge in [-0.3, -0.25) is 10.3 Å². The summed E-state index contributed by atoms with van der Waals surface area (Å²) in [5.74, 6) is 1.44. The molecule has 0 fully saturated rings. The van der Waals surface area contributed by atoms with Crippen LogP contribution in [0.5, 0.6) is 5.75 Å². The smallest absolute Gasteiger partial charge is 0.165 e.